The molecule has 0 aliphatic carbocycles. The Kier molecular flexibility index (Phi) is 6.84. The van der Waals surface area contributed by atoms with Gasteiger partial charge in [-0.15, -0.1) is 11.3 Å². The molecule has 1 aliphatic heterocycles. The van der Waals surface area contributed by atoms with Gasteiger partial charge in [0, 0.05) is 50.4 Å². The van der Waals surface area contributed by atoms with E-state index in [2.05, 4.69) is 32.7 Å². The Morgan fingerprint density at radius 3 is 2.77 bits per heavy atom. The third kappa shape index (κ3) is 5.06. The fourth-order valence-corrected chi connectivity index (χ4v) is 4.56. The highest BCUT2D eigenvalue weighted by Gasteiger charge is 2.25. The smallest absolute Gasteiger partial charge is 0.257 e. The van der Waals surface area contributed by atoms with E-state index >= 15 is 0 Å². The average Bonchev–Trinajstić information content (AvgIpc) is 3.31. The number of anilines is 1. The molecule has 3 aromatic rings. The number of thiophene rings is 1. The number of carbonyl (C=O) groups is 1. The number of benzene rings is 1. The molecule has 6 nitrogen and oxygen atoms in total. The lowest BCUT2D eigenvalue weighted by molar-refractivity contribution is 0.0754. The van der Waals surface area contributed by atoms with Crippen LogP contribution in [-0.4, -0.2) is 49.5 Å². The molecule has 1 aliphatic rings. The SMILES string of the molecule is CNCCC(Oc1ccc(CN2CCN(C)c3ccncc3C2=O)cc1)c1cccs1. The normalized spacial score (nSPS) is 14.8. The first-order valence-corrected chi connectivity index (χ1v) is 11.4. The van der Waals surface area contributed by atoms with E-state index in [1.807, 2.05) is 49.3 Å². The minimum Gasteiger partial charge on any atom is -0.485 e. The third-order valence-corrected chi connectivity index (χ3v) is 6.49. The van der Waals surface area contributed by atoms with Crippen molar-refractivity contribution in [1.82, 2.24) is 15.2 Å². The Bertz CT molecular complexity index is 991. The molecule has 0 radical (unpaired) electrons. The fraction of sp³-hybridized carbons (Fsp3) is 0.333. The number of fused-ring (bicyclic) bond motifs is 1. The summed E-state index contributed by atoms with van der Waals surface area (Å²) in [6.45, 7) is 2.92. The van der Waals surface area contributed by atoms with E-state index in [9.17, 15) is 4.79 Å². The molecule has 1 atom stereocenters. The van der Waals surface area contributed by atoms with Gasteiger partial charge in [0.2, 0.25) is 0 Å². The molecule has 0 bridgehead atoms. The first-order chi connectivity index (χ1) is 15.2. The molecular weight excluding hydrogens is 408 g/mol. The van der Waals surface area contributed by atoms with Gasteiger partial charge in [0.05, 0.1) is 11.3 Å². The predicted octanol–water partition coefficient (Wildman–Crippen LogP) is 3.96. The summed E-state index contributed by atoms with van der Waals surface area (Å²) in [4.78, 5) is 22.4. The van der Waals surface area contributed by atoms with Crippen molar-refractivity contribution in [3.05, 3.63) is 76.2 Å². The number of pyridine rings is 1. The number of amides is 1. The zero-order chi connectivity index (χ0) is 21.6. The van der Waals surface area contributed by atoms with E-state index in [1.165, 1.54) is 4.88 Å². The van der Waals surface area contributed by atoms with E-state index in [0.717, 1.165) is 36.5 Å². The van der Waals surface area contributed by atoms with Gasteiger partial charge in [0.15, 0.2) is 0 Å². The van der Waals surface area contributed by atoms with Crippen LogP contribution >= 0.6 is 11.3 Å². The van der Waals surface area contributed by atoms with Gasteiger partial charge in [-0.2, -0.15) is 0 Å². The van der Waals surface area contributed by atoms with Crippen molar-refractivity contribution in [2.45, 2.75) is 19.1 Å². The number of ether oxygens (including phenoxy) is 1. The van der Waals surface area contributed by atoms with Crippen LogP contribution in [0, 0.1) is 0 Å². The van der Waals surface area contributed by atoms with Gasteiger partial charge in [-0.05, 0) is 48.8 Å². The topological polar surface area (TPSA) is 57.7 Å². The molecule has 0 saturated carbocycles. The molecule has 1 N–H and O–H groups in total. The first kappa shape index (κ1) is 21.3. The second kappa shape index (κ2) is 9.94. The standard InChI is InChI=1S/C24H28N4O2S/c1-25-11-10-22(23-4-3-15-31-23)30-19-7-5-18(6-8-19)17-28-14-13-27(2)21-9-12-26-16-20(21)24(28)29/h3-9,12,15-16,22,25H,10-11,13-14,17H2,1-2H3. The number of nitrogens with zero attached hydrogens (tertiary/aromatic N) is 3. The summed E-state index contributed by atoms with van der Waals surface area (Å²) in [5.74, 6) is 0.868. The van der Waals surface area contributed by atoms with Gasteiger partial charge < -0.3 is 19.9 Å². The Hall–Kier alpha value is -2.90. The lowest BCUT2D eigenvalue weighted by atomic mass is 10.1. The number of carbonyl (C=O) groups excluding carboxylic acids is 1. The van der Waals surface area contributed by atoms with E-state index in [0.29, 0.717) is 18.7 Å². The summed E-state index contributed by atoms with van der Waals surface area (Å²) in [6, 6.07) is 14.2. The Labute approximate surface area is 187 Å². The van der Waals surface area contributed by atoms with Crippen molar-refractivity contribution in [2.75, 3.05) is 38.6 Å². The molecule has 31 heavy (non-hydrogen) atoms. The van der Waals surface area contributed by atoms with Crippen molar-refractivity contribution < 1.29 is 9.53 Å². The van der Waals surface area contributed by atoms with Gasteiger partial charge in [-0.25, -0.2) is 0 Å². The van der Waals surface area contributed by atoms with E-state index in [4.69, 9.17) is 4.74 Å². The minimum absolute atomic E-state index is 0.0256. The lowest BCUT2D eigenvalue weighted by Gasteiger charge is -2.22. The number of aromatic nitrogens is 1. The number of rotatable bonds is 8. The summed E-state index contributed by atoms with van der Waals surface area (Å²) in [7, 11) is 3.97. The molecule has 0 fully saturated rings. The van der Waals surface area contributed by atoms with Crippen molar-refractivity contribution >= 4 is 22.9 Å². The van der Waals surface area contributed by atoms with Gasteiger partial charge >= 0.3 is 0 Å². The summed E-state index contributed by atoms with van der Waals surface area (Å²) >= 11 is 1.72. The Morgan fingerprint density at radius 2 is 2.03 bits per heavy atom. The van der Waals surface area contributed by atoms with Crippen LogP contribution in [0.4, 0.5) is 5.69 Å². The highest BCUT2D eigenvalue weighted by Crippen LogP contribution is 2.29. The van der Waals surface area contributed by atoms with Gasteiger partial charge in [0.25, 0.3) is 5.91 Å². The summed E-state index contributed by atoms with van der Waals surface area (Å²) < 4.78 is 6.28. The first-order valence-electron chi connectivity index (χ1n) is 10.5. The highest BCUT2D eigenvalue weighted by atomic mass is 32.1. The van der Waals surface area contributed by atoms with Crippen LogP contribution in [0.5, 0.6) is 5.75 Å². The summed E-state index contributed by atoms with van der Waals surface area (Å²) in [5.41, 5.74) is 2.68. The van der Waals surface area contributed by atoms with Crippen molar-refractivity contribution in [3.63, 3.8) is 0 Å². The molecule has 3 heterocycles. The third-order valence-electron chi connectivity index (χ3n) is 5.52. The van der Waals surface area contributed by atoms with E-state index in [1.54, 1.807) is 23.7 Å². The van der Waals surface area contributed by atoms with Gasteiger partial charge in [-0.1, -0.05) is 18.2 Å². The van der Waals surface area contributed by atoms with Crippen LogP contribution in [0.15, 0.2) is 60.2 Å². The molecule has 0 spiro atoms. The van der Waals surface area contributed by atoms with Crippen LogP contribution in [0.3, 0.4) is 0 Å². The van der Waals surface area contributed by atoms with Crippen LogP contribution < -0.4 is 15.0 Å². The van der Waals surface area contributed by atoms with E-state index in [-0.39, 0.29) is 12.0 Å². The maximum absolute atomic E-state index is 13.1. The number of hydrogen-bond donors (Lipinski definition) is 1. The second-order valence-corrected chi connectivity index (χ2v) is 8.68. The zero-order valence-corrected chi connectivity index (χ0v) is 18.8. The largest absolute Gasteiger partial charge is 0.485 e. The van der Waals surface area contributed by atoms with Crippen molar-refractivity contribution in [1.29, 1.82) is 0 Å². The Morgan fingerprint density at radius 1 is 1.19 bits per heavy atom. The monoisotopic (exact) mass is 436 g/mol. The quantitative estimate of drug-likeness (QED) is 0.579. The van der Waals surface area contributed by atoms with Crippen LogP contribution in [0.1, 0.15) is 33.3 Å². The number of nitrogens with one attached hydrogen (secondary N) is 1. The summed E-state index contributed by atoms with van der Waals surface area (Å²) in [6.07, 6.45) is 4.34. The van der Waals surface area contributed by atoms with Crippen LogP contribution in [-0.2, 0) is 6.54 Å². The Balaban J connectivity index is 1.44. The van der Waals surface area contributed by atoms with Crippen molar-refractivity contribution in [3.8, 4) is 5.75 Å². The maximum Gasteiger partial charge on any atom is 0.257 e. The molecule has 1 unspecified atom stereocenters. The van der Waals surface area contributed by atoms with Gasteiger partial charge in [-0.3, -0.25) is 9.78 Å². The molecule has 7 heteroatoms. The number of likely N-dealkylation sites (N-methyl/N-ethyl adjacent to an activating group) is 1. The zero-order valence-electron chi connectivity index (χ0n) is 18.0. The van der Waals surface area contributed by atoms with E-state index < -0.39 is 0 Å². The molecule has 1 amide bonds. The predicted molar refractivity (Wildman–Crippen MR) is 125 cm³/mol. The molecule has 4 rings (SSSR count). The molecular formula is C24H28N4O2S. The second-order valence-electron chi connectivity index (χ2n) is 7.70. The van der Waals surface area contributed by atoms with Crippen LogP contribution in [0.25, 0.3) is 0 Å². The maximum atomic E-state index is 13.1. The molecule has 2 aromatic heterocycles. The highest BCUT2D eigenvalue weighted by molar-refractivity contribution is 7.10. The molecule has 0 saturated heterocycles. The fourth-order valence-electron chi connectivity index (χ4n) is 3.77. The molecule has 1 aromatic carbocycles. The lowest BCUT2D eigenvalue weighted by Crippen LogP contribution is -2.33. The van der Waals surface area contributed by atoms with Crippen LogP contribution in [0.2, 0.25) is 0 Å². The molecule has 162 valence electrons. The summed E-state index contributed by atoms with van der Waals surface area (Å²) in [5, 5.41) is 5.28. The number of hydrogen-bond acceptors (Lipinski definition) is 6. The van der Waals surface area contributed by atoms with Crippen molar-refractivity contribution in [2.24, 2.45) is 0 Å². The minimum atomic E-state index is 0.0256. The average molecular weight is 437 g/mol. The van der Waals surface area contributed by atoms with Gasteiger partial charge in [0.1, 0.15) is 11.9 Å².